The van der Waals surface area contributed by atoms with E-state index >= 15 is 0 Å². The molecule has 3 aromatic carbocycles. The van der Waals surface area contributed by atoms with Gasteiger partial charge in [-0.2, -0.15) is 0 Å². The fraction of sp³-hybridized carbons (Fsp3) is 0.0870. The minimum Gasteiger partial charge on any atom is -0.495 e. The molecule has 0 spiro atoms. The molecule has 0 saturated heterocycles. The van der Waals surface area contributed by atoms with Gasteiger partial charge in [0.05, 0.1) is 30.5 Å². The fourth-order valence-electron chi connectivity index (χ4n) is 3.31. The highest BCUT2D eigenvalue weighted by Gasteiger charge is 2.36. The van der Waals surface area contributed by atoms with Crippen molar-refractivity contribution in [3.05, 3.63) is 94.0 Å². The van der Waals surface area contributed by atoms with E-state index in [1.165, 1.54) is 30.2 Å². The lowest BCUT2D eigenvalue weighted by atomic mass is 10.1. The SMILES string of the molecule is COc1ccc(Cl)cc1NC(=O)c1ccc2c(c1)C(=O)N(Cc1ccccc1)C2=O. The molecule has 7 heteroatoms. The number of imide groups is 1. The first-order chi connectivity index (χ1) is 14.5. The highest BCUT2D eigenvalue weighted by atomic mass is 35.5. The zero-order chi connectivity index (χ0) is 21.3. The Kier molecular flexibility index (Phi) is 5.25. The Labute approximate surface area is 178 Å². The standard InChI is InChI=1S/C23H17ClN2O4/c1-30-20-10-8-16(24)12-19(20)25-21(27)15-7-9-17-18(11-15)23(29)26(22(17)28)13-14-5-3-2-4-6-14/h2-12H,13H2,1H3,(H,25,27). The van der Waals surface area contributed by atoms with Crippen molar-refractivity contribution in [2.45, 2.75) is 6.54 Å². The number of methoxy groups -OCH3 is 1. The van der Waals surface area contributed by atoms with Crippen molar-refractivity contribution < 1.29 is 19.1 Å². The first-order valence-electron chi connectivity index (χ1n) is 9.17. The van der Waals surface area contributed by atoms with Crippen LogP contribution in [0, 0.1) is 0 Å². The molecule has 6 nitrogen and oxygen atoms in total. The van der Waals surface area contributed by atoms with Crippen LogP contribution in [-0.2, 0) is 6.54 Å². The van der Waals surface area contributed by atoms with E-state index in [0.29, 0.717) is 16.5 Å². The van der Waals surface area contributed by atoms with E-state index in [0.717, 1.165) is 5.56 Å². The van der Waals surface area contributed by atoms with E-state index in [-0.39, 0.29) is 29.1 Å². The number of nitrogens with one attached hydrogen (secondary N) is 1. The number of fused-ring (bicyclic) bond motifs is 1. The number of benzene rings is 3. The normalized spacial score (nSPS) is 12.7. The molecule has 3 aromatic rings. The monoisotopic (exact) mass is 420 g/mol. The van der Waals surface area contributed by atoms with Crippen molar-refractivity contribution in [1.82, 2.24) is 4.90 Å². The number of hydrogen-bond donors (Lipinski definition) is 1. The second kappa shape index (κ2) is 8.00. The maximum absolute atomic E-state index is 12.8. The zero-order valence-corrected chi connectivity index (χ0v) is 16.8. The molecular formula is C23H17ClN2O4. The number of anilines is 1. The molecule has 1 N–H and O–H groups in total. The Morgan fingerprint density at radius 1 is 0.967 bits per heavy atom. The topological polar surface area (TPSA) is 75.7 Å². The third kappa shape index (κ3) is 3.65. The molecule has 0 saturated carbocycles. The summed E-state index contributed by atoms with van der Waals surface area (Å²) in [6.45, 7) is 0.175. The average Bonchev–Trinajstić information content (AvgIpc) is 2.99. The summed E-state index contributed by atoms with van der Waals surface area (Å²) in [4.78, 5) is 39.4. The predicted octanol–water partition coefficient (Wildman–Crippen LogP) is 4.40. The number of nitrogens with zero attached hydrogens (tertiary/aromatic N) is 1. The summed E-state index contributed by atoms with van der Waals surface area (Å²) in [6, 6.07) is 18.6. The van der Waals surface area contributed by atoms with Crippen LogP contribution in [0.1, 0.15) is 36.6 Å². The molecule has 4 rings (SSSR count). The van der Waals surface area contributed by atoms with E-state index in [1.807, 2.05) is 30.3 Å². The molecule has 0 aliphatic carbocycles. The molecule has 1 aliphatic rings. The maximum Gasteiger partial charge on any atom is 0.261 e. The van der Waals surface area contributed by atoms with Gasteiger partial charge < -0.3 is 10.1 Å². The highest BCUT2D eigenvalue weighted by Crippen LogP contribution is 2.29. The number of amides is 3. The first kappa shape index (κ1) is 19.7. The number of carbonyl (C=O) groups excluding carboxylic acids is 3. The lowest BCUT2D eigenvalue weighted by Gasteiger charge is -2.13. The van der Waals surface area contributed by atoms with Gasteiger partial charge in [-0.1, -0.05) is 41.9 Å². The van der Waals surface area contributed by atoms with E-state index in [9.17, 15) is 14.4 Å². The van der Waals surface area contributed by atoms with E-state index in [2.05, 4.69) is 5.32 Å². The van der Waals surface area contributed by atoms with Crippen LogP contribution >= 0.6 is 11.6 Å². The molecule has 30 heavy (non-hydrogen) atoms. The molecule has 0 radical (unpaired) electrons. The first-order valence-corrected chi connectivity index (χ1v) is 9.55. The Hall–Kier alpha value is -3.64. The van der Waals surface area contributed by atoms with Crippen LogP contribution in [0.5, 0.6) is 5.75 Å². The summed E-state index contributed by atoms with van der Waals surface area (Å²) in [6.07, 6.45) is 0. The van der Waals surface area contributed by atoms with Gasteiger partial charge in [0.15, 0.2) is 0 Å². The fourth-order valence-corrected chi connectivity index (χ4v) is 3.49. The molecule has 1 heterocycles. The summed E-state index contributed by atoms with van der Waals surface area (Å²) < 4.78 is 5.23. The predicted molar refractivity (Wildman–Crippen MR) is 113 cm³/mol. The molecular weight excluding hydrogens is 404 g/mol. The van der Waals surface area contributed by atoms with Gasteiger partial charge in [-0.25, -0.2) is 0 Å². The molecule has 0 atom stereocenters. The summed E-state index contributed by atoms with van der Waals surface area (Å²) >= 11 is 6.00. The minimum atomic E-state index is -0.444. The van der Waals surface area contributed by atoms with Crippen LogP contribution in [0.2, 0.25) is 5.02 Å². The summed E-state index contributed by atoms with van der Waals surface area (Å²) in [5, 5.41) is 3.17. The Morgan fingerprint density at radius 3 is 2.43 bits per heavy atom. The number of ether oxygens (including phenoxy) is 1. The van der Waals surface area contributed by atoms with Gasteiger partial charge in [0.2, 0.25) is 0 Å². The van der Waals surface area contributed by atoms with Gasteiger partial charge in [0, 0.05) is 10.6 Å². The minimum absolute atomic E-state index is 0.175. The maximum atomic E-state index is 12.8. The van der Waals surface area contributed by atoms with Crippen LogP contribution in [0.15, 0.2) is 66.7 Å². The third-order valence-corrected chi connectivity index (χ3v) is 5.06. The van der Waals surface area contributed by atoms with Crippen LogP contribution < -0.4 is 10.1 Å². The summed E-state index contributed by atoms with van der Waals surface area (Å²) in [5.74, 6) is -0.787. The molecule has 150 valence electrons. The van der Waals surface area contributed by atoms with Gasteiger partial charge >= 0.3 is 0 Å². The highest BCUT2D eigenvalue weighted by molar-refractivity contribution is 6.31. The molecule has 0 fully saturated rings. The van der Waals surface area contributed by atoms with Crippen molar-refractivity contribution in [2.24, 2.45) is 0 Å². The van der Waals surface area contributed by atoms with Crippen molar-refractivity contribution >= 4 is 35.0 Å². The van der Waals surface area contributed by atoms with E-state index < -0.39 is 11.8 Å². The second-order valence-electron chi connectivity index (χ2n) is 6.74. The molecule has 0 unspecified atom stereocenters. The van der Waals surface area contributed by atoms with Crippen LogP contribution in [0.25, 0.3) is 0 Å². The number of rotatable bonds is 5. The Bertz CT molecular complexity index is 1160. The van der Waals surface area contributed by atoms with E-state index in [1.54, 1.807) is 18.2 Å². The van der Waals surface area contributed by atoms with Gasteiger partial charge in [-0.3, -0.25) is 19.3 Å². The summed E-state index contributed by atoms with van der Waals surface area (Å²) in [7, 11) is 1.49. The third-order valence-electron chi connectivity index (χ3n) is 4.83. The van der Waals surface area contributed by atoms with Crippen LogP contribution in [0.4, 0.5) is 5.69 Å². The van der Waals surface area contributed by atoms with Crippen LogP contribution in [0.3, 0.4) is 0 Å². The quantitative estimate of drug-likeness (QED) is 0.621. The summed E-state index contributed by atoms with van der Waals surface area (Å²) in [5.41, 5.74) is 1.99. The largest absolute Gasteiger partial charge is 0.495 e. The molecule has 0 aromatic heterocycles. The van der Waals surface area contributed by atoms with Gasteiger partial charge in [0.1, 0.15) is 5.75 Å². The second-order valence-corrected chi connectivity index (χ2v) is 7.18. The van der Waals surface area contributed by atoms with E-state index in [4.69, 9.17) is 16.3 Å². The smallest absolute Gasteiger partial charge is 0.261 e. The number of carbonyl (C=O) groups is 3. The van der Waals surface area contributed by atoms with Gasteiger partial charge in [0.25, 0.3) is 17.7 Å². The lowest BCUT2D eigenvalue weighted by molar-refractivity contribution is 0.0642. The number of hydrogen-bond acceptors (Lipinski definition) is 4. The molecule has 1 aliphatic heterocycles. The molecule has 0 bridgehead atoms. The van der Waals surface area contributed by atoms with Crippen molar-refractivity contribution in [2.75, 3.05) is 12.4 Å². The van der Waals surface area contributed by atoms with Crippen molar-refractivity contribution in [3.8, 4) is 5.75 Å². The number of halogens is 1. The van der Waals surface area contributed by atoms with Gasteiger partial charge in [-0.05, 0) is 42.0 Å². The Balaban J connectivity index is 1.58. The molecule has 3 amide bonds. The lowest BCUT2D eigenvalue weighted by Crippen LogP contribution is -2.29. The zero-order valence-electron chi connectivity index (χ0n) is 16.0. The average molecular weight is 421 g/mol. The van der Waals surface area contributed by atoms with Gasteiger partial charge in [-0.15, -0.1) is 0 Å². The van der Waals surface area contributed by atoms with Crippen LogP contribution in [-0.4, -0.2) is 29.7 Å². The Morgan fingerprint density at radius 2 is 1.70 bits per heavy atom. The van der Waals surface area contributed by atoms with Crippen molar-refractivity contribution in [1.29, 1.82) is 0 Å². The van der Waals surface area contributed by atoms with Crippen molar-refractivity contribution in [3.63, 3.8) is 0 Å².